The summed E-state index contributed by atoms with van der Waals surface area (Å²) in [5.41, 5.74) is 9.98. The van der Waals surface area contributed by atoms with E-state index in [0.717, 1.165) is 16.9 Å². The third kappa shape index (κ3) is 2.88. The van der Waals surface area contributed by atoms with E-state index in [1.807, 2.05) is 49.5 Å². The number of rotatable bonds is 3. The fourth-order valence-corrected chi connectivity index (χ4v) is 1.62. The number of nitrogen functional groups attached to an aromatic ring is 1. The molecule has 0 aromatic heterocycles. The normalized spacial score (nSPS) is 10.6. The maximum atomic E-state index is 5.93. The molecule has 2 nitrogen and oxygen atoms in total. The molecule has 0 saturated carbocycles. The molecule has 17 heavy (non-hydrogen) atoms. The molecule has 2 aromatic carbocycles. The Morgan fingerprint density at radius 3 is 2.47 bits per heavy atom. The predicted molar refractivity (Wildman–Crippen MR) is 75.8 cm³/mol. The summed E-state index contributed by atoms with van der Waals surface area (Å²) in [5, 5.41) is 3.10. The molecule has 2 rings (SSSR count). The first kappa shape index (κ1) is 11.3. The molecule has 2 aromatic rings. The first-order chi connectivity index (χ1) is 8.29. The summed E-state index contributed by atoms with van der Waals surface area (Å²) in [4.78, 5) is 0. The molecular formula is C15H16N2. The highest BCUT2D eigenvalue weighted by Gasteiger charge is 1.96. The molecule has 2 heteroatoms. The number of benzene rings is 2. The van der Waals surface area contributed by atoms with Gasteiger partial charge < -0.3 is 11.1 Å². The molecule has 86 valence electrons. The molecule has 0 amide bonds. The lowest BCUT2D eigenvalue weighted by atomic mass is 10.1. The number of anilines is 2. The fourth-order valence-electron chi connectivity index (χ4n) is 1.62. The van der Waals surface area contributed by atoms with Crippen molar-refractivity contribution < 1.29 is 0 Å². The van der Waals surface area contributed by atoms with Crippen LogP contribution in [0.15, 0.2) is 48.5 Å². The SMILES string of the molecule is CNc1ccc(N)c(/C=C/c2ccccc2)c1. The van der Waals surface area contributed by atoms with E-state index in [0.29, 0.717) is 0 Å². The summed E-state index contributed by atoms with van der Waals surface area (Å²) in [6, 6.07) is 16.1. The molecule has 0 radical (unpaired) electrons. The van der Waals surface area contributed by atoms with Crippen molar-refractivity contribution in [3.05, 3.63) is 59.7 Å². The van der Waals surface area contributed by atoms with Gasteiger partial charge in [-0.15, -0.1) is 0 Å². The van der Waals surface area contributed by atoms with Gasteiger partial charge in [-0.05, 0) is 29.3 Å². The molecule has 0 atom stereocenters. The summed E-state index contributed by atoms with van der Waals surface area (Å²) >= 11 is 0. The quantitative estimate of drug-likeness (QED) is 0.618. The number of hydrogen-bond acceptors (Lipinski definition) is 2. The van der Waals surface area contributed by atoms with Gasteiger partial charge in [-0.1, -0.05) is 42.5 Å². The Kier molecular flexibility index (Phi) is 3.46. The van der Waals surface area contributed by atoms with E-state index in [1.54, 1.807) is 0 Å². The van der Waals surface area contributed by atoms with Gasteiger partial charge in [0, 0.05) is 18.4 Å². The van der Waals surface area contributed by atoms with Crippen molar-refractivity contribution in [3.63, 3.8) is 0 Å². The Hall–Kier alpha value is -2.22. The van der Waals surface area contributed by atoms with Crippen molar-refractivity contribution in [2.24, 2.45) is 0 Å². The number of nitrogens with one attached hydrogen (secondary N) is 1. The molecule has 0 spiro atoms. The van der Waals surface area contributed by atoms with Crippen LogP contribution in [0, 0.1) is 0 Å². The van der Waals surface area contributed by atoms with Gasteiger partial charge >= 0.3 is 0 Å². The Labute approximate surface area is 102 Å². The smallest absolute Gasteiger partial charge is 0.0389 e. The van der Waals surface area contributed by atoms with Crippen molar-refractivity contribution in [3.8, 4) is 0 Å². The van der Waals surface area contributed by atoms with Gasteiger partial charge in [0.2, 0.25) is 0 Å². The molecule has 0 aliphatic carbocycles. The minimum atomic E-state index is 0.788. The lowest BCUT2D eigenvalue weighted by Gasteiger charge is -2.04. The van der Waals surface area contributed by atoms with Crippen LogP contribution in [0.25, 0.3) is 12.2 Å². The molecular weight excluding hydrogens is 208 g/mol. The average molecular weight is 224 g/mol. The van der Waals surface area contributed by atoms with E-state index in [2.05, 4.69) is 23.5 Å². The van der Waals surface area contributed by atoms with Gasteiger partial charge in [-0.2, -0.15) is 0 Å². The average Bonchev–Trinajstić information content (AvgIpc) is 2.39. The highest BCUT2D eigenvalue weighted by Crippen LogP contribution is 2.20. The zero-order valence-corrected chi connectivity index (χ0v) is 9.85. The van der Waals surface area contributed by atoms with E-state index < -0.39 is 0 Å². The monoisotopic (exact) mass is 224 g/mol. The highest BCUT2D eigenvalue weighted by molar-refractivity contribution is 5.77. The Bertz CT molecular complexity index is 516. The summed E-state index contributed by atoms with van der Waals surface area (Å²) in [6.45, 7) is 0. The van der Waals surface area contributed by atoms with E-state index in [9.17, 15) is 0 Å². The molecule has 0 aliphatic rings. The van der Waals surface area contributed by atoms with Gasteiger partial charge in [0.1, 0.15) is 0 Å². The molecule has 0 saturated heterocycles. The topological polar surface area (TPSA) is 38.0 Å². The Morgan fingerprint density at radius 1 is 1.00 bits per heavy atom. The van der Waals surface area contributed by atoms with E-state index >= 15 is 0 Å². The second kappa shape index (κ2) is 5.21. The zero-order valence-electron chi connectivity index (χ0n) is 9.85. The van der Waals surface area contributed by atoms with Gasteiger partial charge in [0.15, 0.2) is 0 Å². The van der Waals surface area contributed by atoms with E-state index in [4.69, 9.17) is 5.73 Å². The van der Waals surface area contributed by atoms with E-state index in [-0.39, 0.29) is 0 Å². The molecule has 0 fully saturated rings. The summed E-state index contributed by atoms with van der Waals surface area (Å²) < 4.78 is 0. The maximum Gasteiger partial charge on any atom is 0.0389 e. The molecule has 0 aliphatic heterocycles. The van der Waals surface area contributed by atoms with Crippen molar-refractivity contribution >= 4 is 23.5 Å². The van der Waals surface area contributed by atoms with Crippen molar-refractivity contribution in [1.82, 2.24) is 0 Å². The van der Waals surface area contributed by atoms with Crippen LogP contribution < -0.4 is 11.1 Å². The van der Waals surface area contributed by atoms with Crippen LogP contribution >= 0.6 is 0 Å². The second-order valence-electron chi connectivity index (χ2n) is 3.84. The lowest BCUT2D eigenvalue weighted by Crippen LogP contribution is -1.92. The standard InChI is InChI=1S/C15H16N2/c1-17-14-9-10-15(16)13(11-14)8-7-12-5-3-2-4-6-12/h2-11,17H,16H2,1H3/b8-7+. The second-order valence-corrected chi connectivity index (χ2v) is 3.84. The zero-order chi connectivity index (χ0) is 12.1. The molecule has 0 unspecified atom stereocenters. The number of hydrogen-bond donors (Lipinski definition) is 2. The molecule has 0 bridgehead atoms. The summed E-state index contributed by atoms with van der Waals surface area (Å²) in [7, 11) is 1.90. The van der Waals surface area contributed by atoms with Gasteiger partial charge in [0.25, 0.3) is 0 Å². The largest absolute Gasteiger partial charge is 0.398 e. The first-order valence-electron chi connectivity index (χ1n) is 5.60. The van der Waals surface area contributed by atoms with Gasteiger partial charge in [-0.25, -0.2) is 0 Å². The van der Waals surface area contributed by atoms with Crippen LogP contribution in [-0.4, -0.2) is 7.05 Å². The number of nitrogens with two attached hydrogens (primary N) is 1. The summed E-state index contributed by atoms with van der Waals surface area (Å²) in [5.74, 6) is 0. The van der Waals surface area contributed by atoms with Crippen LogP contribution in [0.2, 0.25) is 0 Å². The molecule has 0 heterocycles. The summed E-state index contributed by atoms with van der Waals surface area (Å²) in [6.07, 6.45) is 4.09. The molecule has 3 N–H and O–H groups in total. The van der Waals surface area contributed by atoms with Crippen molar-refractivity contribution in [2.75, 3.05) is 18.1 Å². The lowest BCUT2D eigenvalue weighted by molar-refractivity contribution is 1.50. The van der Waals surface area contributed by atoms with E-state index in [1.165, 1.54) is 5.56 Å². The Balaban J connectivity index is 2.26. The van der Waals surface area contributed by atoms with Crippen LogP contribution in [0.5, 0.6) is 0 Å². The van der Waals surface area contributed by atoms with Crippen LogP contribution in [0.1, 0.15) is 11.1 Å². The van der Waals surface area contributed by atoms with Crippen LogP contribution in [0.3, 0.4) is 0 Å². The van der Waals surface area contributed by atoms with Gasteiger partial charge in [-0.3, -0.25) is 0 Å². The maximum absolute atomic E-state index is 5.93. The third-order valence-corrected chi connectivity index (χ3v) is 2.63. The fraction of sp³-hybridized carbons (Fsp3) is 0.0667. The predicted octanol–water partition coefficient (Wildman–Crippen LogP) is 3.48. The van der Waals surface area contributed by atoms with Crippen molar-refractivity contribution in [1.29, 1.82) is 0 Å². The van der Waals surface area contributed by atoms with Crippen molar-refractivity contribution in [2.45, 2.75) is 0 Å². The van der Waals surface area contributed by atoms with Gasteiger partial charge in [0.05, 0.1) is 0 Å². The minimum absolute atomic E-state index is 0.788. The first-order valence-corrected chi connectivity index (χ1v) is 5.60. The van der Waals surface area contributed by atoms with Crippen LogP contribution in [-0.2, 0) is 0 Å². The third-order valence-electron chi connectivity index (χ3n) is 2.63. The minimum Gasteiger partial charge on any atom is -0.398 e. The van der Waals surface area contributed by atoms with Crippen LogP contribution in [0.4, 0.5) is 11.4 Å². The highest BCUT2D eigenvalue weighted by atomic mass is 14.8. The Morgan fingerprint density at radius 2 is 1.76 bits per heavy atom.